The lowest BCUT2D eigenvalue weighted by Gasteiger charge is -2.33. The van der Waals surface area contributed by atoms with Gasteiger partial charge >= 0.3 is 0 Å². The first-order chi connectivity index (χ1) is 16.1. The van der Waals surface area contributed by atoms with E-state index < -0.39 is 6.04 Å². The molecule has 1 aliphatic carbocycles. The SMILES string of the molecule is O=C(Nc1ccc(N2CCOCC2)c(F)c1)C1CC2CCCCC2N1C(=O)c1ccccc1. The van der Waals surface area contributed by atoms with Crippen LogP contribution in [0.15, 0.2) is 48.5 Å². The van der Waals surface area contributed by atoms with Crippen molar-refractivity contribution in [2.75, 3.05) is 36.5 Å². The lowest BCUT2D eigenvalue weighted by Crippen LogP contribution is -2.47. The number of hydrogen-bond acceptors (Lipinski definition) is 4. The highest BCUT2D eigenvalue weighted by Gasteiger charge is 2.47. The largest absolute Gasteiger partial charge is 0.378 e. The molecule has 6 nitrogen and oxygen atoms in total. The van der Waals surface area contributed by atoms with Crippen molar-refractivity contribution in [2.24, 2.45) is 5.92 Å². The van der Waals surface area contributed by atoms with Crippen LogP contribution in [0, 0.1) is 11.7 Å². The lowest BCUT2D eigenvalue weighted by atomic mass is 9.84. The van der Waals surface area contributed by atoms with Crippen LogP contribution in [-0.4, -0.2) is 55.1 Å². The van der Waals surface area contributed by atoms with Crippen molar-refractivity contribution in [2.45, 2.75) is 44.2 Å². The van der Waals surface area contributed by atoms with Gasteiger partial charge in [-0.1, -0.05) is 31.0 Å². The lowest BCUT2D eigenvalue weighted by molar-refractivity contribution is -0.120. The molecule has 1 N–H and O–H groups in total. The molecule has 3 fully saturated rings. The van der Waals surface area contributed by atoms with E-state index in [1.165, 1.54) is 6.07 Å². The number of rotatable bonds is 4. The summed E-state index contributed by atoms with van der Waals surface area (Å²) in [7, 11) is 0. The second-order valence-electron chi connectivity index (χ2n) is 9.20. The first-order valence-corrected chi connectivity index (χ1v) is 11.9. The first-order valence-electron chi connectivity index (χ1n) is 11.9. The Labute approximate surface area is 193 Å². The van der Waals surface area contributed by atoms with Crippen molar-refractivity contribution in [1.82, 2.24) is 4.90 Å². The molecule has 0 bridgehead atoms. The van der Waals surface area contributed by atoms with Gasteiger partial charge < -0.3 is 19.9 Å². The fraction of sp³-hybridized carbons (Fsp3) is 0.462. The molecule has 2 aromatic carbocycles. The quantitative estimate of drug-likeness (QED) is 0.761. The maximum absolute atomic E-state index is 14.8. The summed E-state index contributed by atoms with van der Waals surface area (Å²) in [4.78, 5) is 30.5. The molecule has 0 spiro atoms. The highest BCUT2D eigenvalue weighted by Crippen LogP contribution is 2.41. The molecule has 2 aromatic rings. The van der Waals surface area contributed by atoms with Gasteiger partial charge in [-0.2, -0.15) is 0 Å². The standard InChI is InChI=1S/C26H30FN3O3/c27-21-17-20(10-11-23(21)29-12-14-33-15-13-29)28-25(31)24-16-19-8-4-5-9-22(19)30(24)26(32)18-6-2-1-3-7-18/h1-3,6-7,10-11,17,19,22,24H,4-5,8-9,12-16H2,(H,28,31). The Morgan fingerprint density at radius 1 is 1.00 bits per heavy atom. The number of carbonyl (C=O) groups excluding carboxylic acids is 2. The van der Waals surface area contributed by atoms with Crippen molar-refractivity contribution < 1.29 is 18.7 Å². The van der Waals surface area contributed by atoms with Gasteiger partial charge in [0.1, 0.15) is 11.9 Å². The van der Waals surface area contributed by atoms with Gasteiger partial charge in [-0.25, -0.2) is 4.39 Å². The summed E-state index contributed by atoms with van der Waals surface area (Å²) in [5.74, 6) is -0.374. The van der Waals surface area contributed by atoms with Crippen molar-refractivity contribution >= 4 is 23.2 Å². The molecule has 174 valence electrons. The number of fused-ring (bicyclic) bond motifs is 1. The first kappa shape index (κ1) is 21.9. The van der Waals surface area contributed by atoms with Crippen molar-refractivity contribution in [3.05, 3.63) is 59.9 Å². The molecule has 3 aliphatic rings. The highest BCUT2D eigenvalue weighted by atomic mass is 19.1. The van der Waals surface area contributed by atoms with Gasteiger partial charge in [-0.05, 0) is 55.5 Å². The molecule has 2 amide bonds. The third kappa shape index (κ3) is 4.47. The van der Waals surface area contributed by atoms with Gasteiger partial charge in [0.2, 0.25) is 5.91 Å². The number of amides is 2. The van der Waals surface area contributed by atoms with Crippen molar-refractivity contribution in [3.8, 4) is 0 Å². The summed E-state index contributed by atoms with van der Waals surface area (Å²) in [6.45, 7) is 2.44. The van der Waals surface area contributed by atoms with E-state index in [2.05, 4.69) is 5.32 Å². The monoisotopic (exact) mass is 451 g/mol. The van der Waals surface area contributed by atoms with Gasteiger partial charge in [0.15, 0.2) is 0 Å². The van der Waals surface area contributed by atoms with Gasteiger partial charge in [-0.3, -0.25) is 9.59 Å². The van der Waals surface area contributed by atoms with E-state index in [0.29, 0.717) is 55.6 Å². The highest BCUT2D eigenvalue weighted by molar-refractivity contribution is 6.02. The second kappa shape index (κ2) is 9.51. The molecule has 0 aromatic heterocycles. The number of halogens is 1. The van der Waals surface area contributed by atoms with Crippen molar-refractivity contribution in [3.63, 3.8) is 0 Å². The van der Waals surface area contributed by atoms with Gasteiger partial charge in [-0.15, -0.1) is 0 Å². The zero-order chi connectivity index (χ0) is 22.8. The molecule has 33 heavy (non-hydrogen) atoms. The summed E-state index contributed by atoms with van der Waals surface area (Å²) >= 11 is 0. The maximum atomic E-state index is 14.8. The average Bonchev–Trinajstić information content (AvgIpc) is 3.24. The molecule has 2 heterocycles. The molecule has 5 rings (SSSR count). The zero-order valence-electron chi connectivity index (χ0n) is 18.7. The Balaban J connectivity index is 1.35. The Morgan fingerprint density at radius 2 is 1.76 bits per heavy atom. The molecule has 2 saturated heterocycles. The Kier molecular flexibility index (Phi) is 6.31. The van der Waals surface area contributed by atoms with Crippen LogP contribution in [0.3, 0.4) is 0 Å². The average molecular weight is 452 g/mol. The van der Waals surface area contributed by atoms with Crippen LogP contribution in [0.5, 0.6) is 0 Å². The number of benzene rings is 2. The van der Waals surface area contributed by atoms with E-state index in [0.717, 1.165) is 25.7 Å². The van der Waals surface area contributed by atoms with Gasteiger partial charge in [0.25, 0.3) is 5.91 Å². The van der Waals surface area contributed by atoms with E-state index in [9.17, 15) is 14.0 Å². The third-order valence-corrected chi connectivity index (χ3v) is 7.21. The molecular weight excluding hydrogens is 421 g/mol. The van der Waals surface area contributed by atoms with E-state index in [-0.39, 0.29) is 23.7 Å². The number of ether oxygens (including phenoxy) is 1. The van der Waals surface area contributed by atoms with Gasteiger partial charge in [0.05, 0.1) is 18.9 Å². The van der Waals surface area contributed by atoms with Gasteiger partial charge in [0, 0.05) is 30.4 Å². The molecule has 2 aliphatic heterocycles. The molecule has 7 heteroatoms. The van der Waals surface area contributed by atoms with Crippen LogP contribution in [0.1, 0.15) is 42.5 Å². The maximum Gasteiger partial charge on any atom is 0.254 e. The van der Waals surface area contributed by atoms with Crippen LogP contribution in [0.4, 0.5) is 15.8 Å². The number of nitrogens with zero attached hydrogens (tertiary/aromatic N) is 2. The predicted octanol–water partition coefficient (Wildman–Crippen LogP) is 4.07. The van der Waals surface area contributed by atoms with Crippen molar-refractivity contribution in [1.29, 1.82) is 0 Å². The number of hydrogen-bond donors (Lipinski definition) is 1. The topological polar surface area (TPSA) is 61.9 Å². The molecule has 1 saturated carbocycles. The summed E-state index contributed by atoms with van der Waals surface area (Å²) < 4.78 is 20.2. The third-order valence-electron chi connectivity index (χ3n) is 7.21. The molecule has 3 unspecified atom stereocenters. The number of nitrogens with one attached hydrogen (secondary N) is 1. The summed E-state index contributed by atoms with van der Waals surface area (Å²) in [6, 6.07) is 13.5. The minimum Gasteiger partial charge on any atom is -0.378 e. The molecular formula is C26H30FN3O3. The number of likely N-dealkylation sites (tertiary alicyclic amines) is 1. The fourth-order valence-electron chi connectivity index (χ4n) is 5.59. The molecule has 3 atom stereocenters. The zero-order valence-corrected chi connectivity index (χ0v) is 18.7. The fourth-order valence-corrected chi connectivity index (χ4v) is 5.59. The minimum absolute atomic E-state index is 0.0858. The van der Waals surface area contributed by atoms with E-state index in [1.54, 1.807) is 29.2 Å². The number of carbonyl (C=O) groups is 2. The summed E-state index contributed by atoms with van der Waals surface area (Å²) in [6.07, 6.45) is 4.83. The summed E-state index contributed by atoms with van der Waals surface area (Å²) in [5.41, 5.74) is 1.53. The van der Waals surface area contributed by atoms with E-state index >= 15 is 0 Å². The predicted molar refractivity (Wildman–Crippen MR) is 125 cm³/mol. The number of anilines is 2. The van der Waals surface area contributed by atoms with Crippen LogP contribution >= 0.6 is 0 Å². The van der Waals surface area contributed by atoms with Crippen LogP contribution in [0.25, 0.3) is 0 Å². The smallest absolute Gasteiger partial charge is 0.254 e. The molecule has 0 radical (unpaired) electrons. The Hall–Kier alpha value is -2.93. The van der Waals surface area contributed by atoms with Crippen LogP contribution in [-0.2, 0) is 9.53 Å². The Morgan fingerprint density at radius 3 is 2.52 bits per heavy atom. The van der Waals surface area contributed by atoms with Crippen LogP contribution < -0.4 is 10.2 Å². The minimum atomic E-state index is -0.548. The normalized spacial score (nSPS) is 24.9. The number of morpholine rings is 1. The second-order valence-corrected chi connectivity index (χ2v) is 9.20. The Bertz CT molecular complexity index is 1010. The van der Waals surface area contributed by atoms with Crippen LogP contribution in [0.2, 0.25) is 0 Å². The van der Waals surface area contributed by atoms with E-state index in [1.807, 2.05) is 23.1 Å². The van der Waals surface area contributed by atoms with E-state index in [4.69, 9.17) is 4.74 Å². The summed E-state index contributed by atoms with van der Waals surface area (Å²) in [5, 5.41) is 2.88.